The highest BCUT2D eigenvalue weighted by Gasteiger charge is 2.49. The Bertz CT molecular complexity index is 1610. The summed E-state index contributed by atoms with van der Waals surface area (Å²) >= 11 is 0. The molecule has 2 aromatic heterocycles. The summed E-state index contributed by atoms with van der Waals surface area (Å²) in [6.45, 7) is 12.3. The molecule has 0 radical (unpaired) electrons. The monoisotopic (exact) mass is 597 g/mol. The van der Waals surface area contributed by atoms with Gasteiger partial charge in [0.05, 0.1) is 29.0 Å². The maximum atomic E-state index is 14.7. The Morgan fingerprint density at radius 3 is 2.43 bits per heavy atom. The van der Waals surface area contributed by atoms with Crippen LogP contribution in [-0.4, -0.2) is 67.4 Å². The predicted octanol–water partition coefficient (Wildman–Crippen LogP) is 6.36. The number of pyridine rings is 1. The third kappa shape index (κ3) is 4.77. The van der Waals surface area contributed by atoms with Crippen molar-refractivity contribution in [3.05, 3.63) is 72.0 Å². The summed E-state index contributed by atoms with van der Waals surface area (Å²) in [5.74, 6) is 0.181. The van der Waals surface area contributed by atoms with Crippen LogP contribution in [0.15, 0.2) is 55.0 Å². The Morgan fingerprint density at radius 2 is 1.77 bits per heavy atom. The van der Waals surface area contributed by atoms with Gasteiger partial charge in [0.25, 0.3) is 5.91 Å². The van der Waals surface area contributed by atoms with E-state index in [2.05, 4.69) is 34.0 Å². The average molecular weight is 598 g/mol. The number of aromatic nitrogens is 2. The first kappa shape index (κ1) is 29.2. The Kier molecular flexibility index (Phi) is 7.39. The number of carbonyl (C=O) groups excluding carboxylic acids is 2. The summed E-state index contributed by atoms with van der Waals surface area (Å²) in [5, 5.41) is 4.75. The fraction of sp³-hybridized carbons (Fsp3) is 0.528. The van der Waals surface area contributed by atoms with Gasteiger partial charge in [-0.2, -0.15) is 0 Å². The number of hydrogen-bond acceptors (Lipinski definition) is 4. The van der Waals surface area contributed by atoms with Gasteiger partial charge in [0.1, 0.15) is 5.82 Å². The van der Waals surface area contributed by atoms with E-state index in [0.29, 0.717) is 17.3 Å². The number of fused-ring (bicyclic) bond motifs is 6. The number of hydrogen-bond donors (Lipinski definition) is 1. The van der Waals surface area contributed by atoms with Crippen molar-refractivity contribution in [2.45, 2.75) is 115 Å². The van der Waals surface area contributed by atoms with Crippen molar-refractivity contribution >= 4 is 22.7 Å². The molecule has 4 saturated heterocycles. The second kappa shape index (κ2) is 11.1. The number of benzene rings is 1. The predicted molar refractivity (Wildman–Crippen MR) is 170 cm³/mol. The molecule has 4 aliphatic heterocycles. The van der Waals surface area contributed by atoms with Gasteiger partial charge in [-0.25, -0.2) is 4.39 Å². The molecule has 5 aliphatic rings. The third-order valence-corrected chi connectivity index (χ3v) is 10.8. The van der Waals surface area contributed by atoms with Crippen molar-refractivity contribution in [1.82, 2.24) is 24.7 Å². The van der Waals surface area contributed by atoms with Crippen molar-refractivity contribution in [3.8, 4) is 5.69 Å². The van der Waals surface area contributed by atoms with Crippen LogP contribution in [-0.2, 0) is 4.79 Å². The molecule has 8 heteroatoms. The van der Waals surface area contributed by atoms with E-state index in [1.807, 2.05) is 44.7 Å². The topological polar surface area (TPSA) is 70.5 Å². The van der Waals surface area contributed by atoms with E-state index in [0.717, 1.165) is 55.8 Å². The first-order valence-corrected chi connectivity index (χ1v) is 16.5. The van der Waals surface area contributed by atoms with Crippen LogP contribution >= 0.6 is 0 Å². The largest absolute Gasteiger partial charge is 0.335 e. The lowest BCUT2D eigenvalue weighted by atomic mass is 9.72. The standard InChI is InChI=1S/C36H44FN5O2/c1-20(2)41(21(3)4)35(43)30-17-24(37)6-11-32(30)40-19-31(29-12-13-38-18-33(29)40)23-15-26-8-9-27(16-23)42(26)36(44)34-28-10-7-25(39-34)14-22(28)5/h6,11-13,17-21,23,25-28,34,39H,5,7-10,14-16H2,1-4H3/t23?,25-,26?,27?,28+,34+/m1/s1. The highest BCUT2D eigenvalue weighted by Crippen LogP contribution is 2.47. The molecule has 44 heavy (non-hydrogen) atoms. The van der Waals surface area contributed by atoms with Gasteiger partial charge in [0.2, 0.25) is 5.91 Å². The molecule has 6 heterocycles. The lowest BCUT2D eigenvalue weighted by Gasteiger charge is -2.48. The minimum Gasteiger partial charge on any atom is -0.335 e. The number of carbonyl (C=O) groups is 2. The molecule has 0 spiro atoms. The summed E-state index contributed by atoms with van der Waals surface area (Å²) < 4.78 is 16.7. The first-order chi connectivity index (χ1) is 21.1. The number of nitrogens with one attached hydrogen (secondary N) is 1. The third-order valence-electron chi connectivity index (χ3n) is 10.8. The summed E-state index contributed by atoms with van der Waals surface area (Å²) in [4.78, 5) is 36.4. The zero-order valence-electron chi connectivity index (χ0n) is 26.3. The minimum atomic E-state index is -0.433. The molecule has 5 fully saturated rings. The fourth-order valence-corrected chi connectivity index (χ4v) is 8.98. The second-order valence-corrected chi connectivity index (χ2v) is 14.1. The van der Waals surface area contributed by atoms with Crippen LogP contribution in [0.1, 0.15) is 94.5 Å². The Morgan fingerprint density at radius 1 is 1.05 bits per heavy atom. The summed E-state index contributed by atoms with van der Waals surface area (Å²) in [7, 11) is 0. The first-order valence-electron chi connectivity index (χ1n) is 16.5. The van der Waals surface area contributed by atoms with Crippen molar-refractivity contribution in [1.29, 1.82) is 0 Å². The van der Waals surface area contributed by atoms with E-state index in [9.17, 15) is 14.0 Å². The zero-order valence-corrected chi connectivity index (χ0v) is 26.3. The second-order valence-electron chi connectivity index (χ2n) is 14.1. The molecule has 1 aliphatic carbocycles. The number of nitrogens with zero attached hydrogens (tertiary/aromatic N) is 4. The maximum absolute atomic E-state index is 14.7. The van der Waals surface area contributed by atoms with Crippen molar-refractivity contribution in [2.75, 3.05) is 0 Å². The summed E-state index contributed by atoms with van der Waals surface area (Å²) in [5.41, 5.74) is 4.35. The molecule has 1 N–H and O–H groups in total. The van der Waals surface area contributed by atoms with Crippen molar-refractivity contribution in [2.24, 2.45) is 5.92 Å². The van der Waals surface area contributed by atoms with E-state index >= 15 is 0 Å². The van der Waals surface area contributed by atoms with E-state index in [-0.39, 0.29) is 53.9 Å². The van der Waals surface area contributed by atoms with E-state index in [4.69, 9.17) is 0 Å². The molecule has 1 aromatic carbocycles. The normalized spacial score (nSPS) is 28.0. The number of amides is 2. The number of rotatable bonds is 6. The lowest BCUT2D eigenvalue weighted by Crippen LogP contribution is -2.62. The van der Waals surface area contributed by atoms with Crippen molar-refractivity contribution < 1.29 is 14.0 Å². The van der Waals surface area contributed by atoms with Crippen LogP contribution in [0.25, 0.3) is 16.6 Å². The van der Waals surface area contributed by atoms with Crippen LogP contribution in [0.2, 0.25) is 0 Å². The maximum Gasteiger partial charge on any atom is 0.256 e. The summed E-state index contributed by atoms with van der Waals surface area (Å²) in [6, 6.07) is 7.18. The van der Waals surface area contributed by atoms with Gasteiger partial charge in [-0.05, 0) is 108 Å². The molecule has 7 nitrogen and oxygen atoms in total. The fourth-order valence-electron chi connectivity index (χ4n) is 8.98. The van der Waals surface area contributed by atoms with Crippen LogP contribution in [0.3, 0.4) is 0 Å². The lowest BCUT2D eigenvalue weighted by molar-refractivity contribution is -0.140. The van der Waals surface area contributed by atoms with Crippen molar-refractivity contribution in [3.63, 3.8) is 0 Å². The molecule has 232 valence electrons. The smallest absolute Gasteiger partial charge is 0.256 e. The SMILES string of the molecule is C=C1C[C@H]2CC[C@@H]1[C@@H](C(=O)N1C3CCC1CC(c1cn(-c4ccc(F)cc4C(=O)N(C(C)C)C(C)C)c4cnccc14)C3)N2. The van der Waals surface area contributed by atoms with Gasteiger partial charge in [-0.3, -0.25) is 14.6 Å². The van der Waals surface area contributed by atoms with E-state index in [1.54, 1.807) is 11.0 Å². The van der Waals surface area contributed by atoms with Crippen LogP contribution in [0.5, 0.6) is 0 Å². The van der Waals surface area contributed by atoms with Gasteiger partial charge in [-0.1, -0.05) is 12.2 Å². The highest BCUT2D eigenvalue weighted by molar-refractivity contribution is 5.99. The summed E-state index contributed by atoms with van der Waals surface area (Å²) in [6.07, 6.45) is 12.9. The highest BCUT2D eigenvalue weighted by atomic mass is 19.1. The van der Waals surface area contributed by atoms with Gasteiger partial charge < -0.3 is 19.7 Å². The van der Waals surface area contributed by atoms with Gasteiger partial charge in [0, 0.05) is 53.9 Å². The van der Waals surface area contributed by atoms with Gasteiger partial charge >= 0.3 is 0 Å². The number of piperidine rings is 3. The minimum absolute atomic E-state index is 0.0299. The number of halogens is 1. The molecule has 5 atom stereocenters. The molecule has 2 unspecified atom stereocenters. The quantitative estimate of drug-likeness (QED) is 0.336. The molecule has 2 amide bonds. The molecular formula is C36H44FN5O2. The Labute approximate surface area is 259 Å². The molecular weight excluding hydrogens is 553 g/mol. The van der Waals surface area contributed by atoms with E-state index in [1.165, 1.54) is 23.3 Å². The molecule has 1 saturated carbocycles. The molecule has 3 aromatic rings. The Hall–Kier alpha value is -3.52. The van der Waals surface area contributed by atoms with Crippen LogP contribution in [0.4, 0.5) is 4.39 Å². The molecule has 4 bridgehead atoms. The average Bonchev–Trinajstić information content (AvgIpc) is 3.50. The molecule has 8 rings (SSSR count). The van der Waals surface area contributed by atoms with Crippen LogP contribution < -0.4 is 5.32 Å². The van der Waals surface area contributed by atoms with Gasteiger partial charge in [-0.15, -0.1) is 0 Å². The van der Waals surface area contributed by atoms with Gasteiger partial charge in [0.15, 0.2) is 0 Å². The van der Waals surface area contributed by atoms with E-state index < -0.39 is 5.82 Å². The zero-order chi connectivity index (χ0) is 30.9. The van der Waals surface area contributed by atoms with Crippen LogP contribution in [0, 0.1) is 11.7 Å². The Balaban J connectivity index is 1.22.